The van der Waals surface area contributed by atoms with E-state index < -0.39 is 16.7 Å². The van der Waals surface area contributed by atoms with Crippen molar-refractivity contribution in [2.24, 2.45) is 21.5 Å². The highest BCUT2D eigenvalue weighted by molar-refractivity contribution is 9.10. The molecule has 0 unspecified atom stereocenters. The van der Waals surface area contributed by atoms with Crippen LogP contribution in [0.25, 0.3) is 11.1 Å². The molecule has 53 heavy (non-hydrogen) atoms. The Bertz CT molecular complexity index is 2360. The first kappa shape index (κ1) is 33.9. The maximum atomic E-state index is 9.80. The van der Waals surface area contributed by atoms with E-state index in [1.165, 1.54) is 0 Å². The van der Waals surface area contributed by atoms with E-state index in [1.54, 1.807) is 43.9 Å². The van der Waals surface area contributed by atoms with Crippen LogP contribution in [0.5, 0.6) is 29.0 Å². The van der Waals surface area contributed by atoms with Crippen LogP contribution in [0.2, 0.25) is 0 Å². The molecule has 266 valence electrons. The first-order chi connectivity index (χ1) is 25.5. The van der Waals surface area contributed by atoms with E-state index in [9.17, 15) is 5.11 Å². The van der Waals surface area contributed by atoms with Gasteiger partial charge in [-0.05, 0) is 83.9 Å². The second kappa shape index (κ2) is 12.8. The Balaban J connectivity index is 0.000000164. The number of phenolic OH excluding ortho intramolecular Hbond substituents is 1. The Morgan fingerprint density at radius 2 is 1.43 bits per heavy atom. The van der Waals surface area contributed by atoms with Crippen LogP contribution in [0.4, 0.5) is 0 Å². The highest BCUT2D eigenvalue weighted by Gasteiger charge is 2.49. The maximum Gasteiger partial charge on any atom is 0.283 e. The number of pyridine rings is 3. The van der Waals surface area contributed by atoms with Crippen molar-refractivity contribution in [3.05, 3.63) is 118 Å². The van der Waals surface area contributed by atoms with Gasteiger partial charge in [0.25, 0.3) is 12.0 Å². The van der Waals surface area contributed by atoms with Crippen molar-refractivity contribution in [2.45, 2.75) is 30.5 Å². The topological polar surface area (TPSA) is 182 Å². The number of aliphatic imine (C=N–C) groups is 2. The summed E-state index contributed by atoms with van der Waals surface area (Å²) < 4.78 is 29.2. The molecular weight excluding hydrogens is 742 g/mol. The van der Waals surface area contributed by atoms with E-state index in [-0.39, 0.29) is 31.0 Å². The zero-order valence-electron chi connectivity index (χ0n) is 28.8. The molecule has 0 radical (unpaired) electrons. The largest absolute Gasteiger partial charge is 0.508 e. The van der Waals surface area contributed by atoms with Crippen molar-refractivity contribution < 1.29 is 28.8 Å². The normalized spacial score (nSPS) is 19.9. The first-order valence-corrected chi connectivity index (χ1v) is 17.2. The fraction of sp³-hybridized carbons (Fsp3) is 0.205. The Morgan fingerprint density at radius 3 is 2.06 bits per heavy atom. The third-order valence-corrected chi connectivity index (χ3v) is 9.71. The lowest BCUT2D eigenvalue weighted by molar-refractivity contribution is 0.0741. The van der Waals surface area contributed by atoms with E-state index in [1.807, 2.05) is 62.5 Å². The van der Waals surface area contributed by atoms with E-state index in [2.05, 4.69) is 47.7 Å². The molecular formula is C39H32BrN7O6. The molecule has 0 amide bonds. The number of hydrogen-bond acceptors (Lipinski definition) is 13. The number of ether oxygens (including phenoxy) is 5. The number of rotatable bonds is 2. The second-order valence-corrected chi connectivity index (χ2v) is 14.0. The molecule has 0 saturated carbocycles. The van der Waals surface area contributed by atoms with Crippen molar-refractivity contribution in [1.82, 2.24) is 15.0 Å². The third-order valence-electron chi connectivity index (χ3n) is 9.28. The van der Waals surface area contributed by atoms with Crippen LogP contribution < -0.4 is 20.9 Å². The zero-order chi connectivity index (χ0) is 37.0. The number of benzene rings is 2. The Kier molecular flexibility index (Phi) is 8.20. The molecule has 5 aromatic rings. The predicted molar refractivity (Wildman–Crippen MR) is 199 cm³/mol. The summed E-state index contributed by atoms with van der Waals surface area (Å²) in [5.74, 6) is 8.56. The minimum absolute atomic E-state index is 0.108. The molecule has 0 saturated heterocycles. The van der Waals surface area contributed by atoms with Crippen molar-refractivity contribution in [1.29, 1.82) is 0 Å². The molecule has 13 nitrogen and oxygen atoms in total. The fourth-order valence-electron chi connectivity index (χ4n) is 6.47. The number of halogens is 1. The number of aromatic nitrogens is 3. The zero-order valence-corrected chi connectivity index (χ0v) is 30.3. The molecule has 4 aliphatic heterocycles. The molecule has 2 atom stereocenters. The van der Waals surface area contributed by atoms with Gasteiger partial charge >= 0.3 is 0 Å². The number of amidine groups is 2. The maximum absolute atomic E-state index is 9.80. The van der Waals surface area contributed by atoms with Gasteiger partial charge < -0.3 is 40.3 Å². The van der Waals surface area contributed by atoms with Gasteiger partial charge in [0, 0.05) is 58.6 Å². The van der Waals surface area contributed by atoms with Crippen molar-refractivity contribution in [3.8, 4) is 52.0 Å². The van der Waals surface area contributed by atoms with Crippen LogP contribution in [-0.4, -0.2) is 58.0 Å². The lowest BCUT2D eigenvalue weighted by Crippen LogP contribution is -2.31. The van der Waals surface area contributed by atoms with Gasteiger partial charge in [-0.15, -0.1) is 0 Å². The van der Waals surface area contributed by atoms with Crippen molar-refractivity contribution in [2.75, 3.05) is 20.3 Å². The number of nitrogens with zero attached hydrogens (tertiary/aromatic N) is 5. The van der Waals surface area contributed by atoms with Gasteiger partial charge in [-0.3, -0.25) is 4.98 Å². The smallest absolute Gasteiger partial charge is 0.283 e. The van der Waals surface area contributed by atoms with Gasteiger partial charge in [-0.2, -0.15) is 0 Å². The molecule has 7 heterocycles. The summed E-state index contributed by atoms with van der Waals surface area (Å²) in [4.78, 5) is 22.2. The van der Waals surface area contributed by atoms with E-state index in [4.69, 9.17) is 40.1 Å². The van der Waals surface area contributed by atoms with Gasteiger partial charge in [0.15, 0.2) is 11.1 Å². The Labute approximate surface area is 312 Å². The van der Waals surface area contributed by atoms with Gasteiger partial charge in [-0.25, -0.2) is 20.0 Å². The summed E-state index contributed by atoms with van der Waals surface area (Å²) in [5.41, 5.74) is 15.2. The number of phenols is 1. The monoisotopic (exact) mass is 773 g/mol. The first-order valence-electron chi connectivity index (χ1n) is 16.4. The second-order valence-electron chi connectivity index (χ2n) is 13.1. The van der Waals surface area contributed by atoms with Gasteiger partial charge in [-0.1, -0.05) is 24.0 Å². The summed E-state index contributed by atoms with van der Waals surface area (Å²) >= 11 is 3.40. The van der Waals surface area contributed by atoms with Crippen LogP contribution >= 0.6 is 15.9 Å². The van der Waals surface area contributed by atoms with Crippen LogP contribution in [0.3, 0.4) is 0 Å². The highest BCUT2D eigenvalue weighted by Crippen LogP contribution is 2.52. The molecule has 4 aliphatic rings. The molecule has 2 aromatic carbocycles. The number of nitrogens with two attached hydrogens (primary N) is 2. The highest BCUT2D eigenvalue weighted by atomic mass is 79.9. The van der Waals surface area contributed by atoms with Crippen LogP contribution in [0, 0.1) is 11.8 Å². The Hall–Kier alpha value is -6.17. The number of methoxy groups -OCH3 is 1. The molecule has 5 N–H and O–H groups in total. The third kappa shape index (κ3) is 6.03. The summed E-state index contributed by atoms with van der Waals surface area (Å²) in [7, 11) is 1.63. The SMILES string of the molecule is COC(C)(C)C#Cc1cnc2c(c1)[C@]1(COC(N)=N1)c1cc(-c3cccnc3)ccc1O2.NC1=N[C@@]2(CO1)c1cc(O)ccc1Oc1ncc(Br)cc12. The molecule has 0 fully saturated rings. The van der Waals surface area contributed by atoms with Crippen molar-refractivity contribution >= 4 is 28.0 Å². The van der Waals surface area contributed by atoms with Crippen molar-refractivity contribution in [3.63, 3.8) is 0 Å². The molecule has 14 heteroatoms. The van der Waals surface area contributed by atoms with Gasteiger partial charge in [0.05, 0.1) is 11.1 Å². The standard InChI is InChI=1S/C25H22N4O3.C14H10BrN3O3/c1-24(2,30-3)9-8-16-11-20-22(28-13-16)32-21-7-6-17(18-5-4-10-27-14-18)12-19(21)25(20)15-31-23(26)29-25;15-7-3-10-12(17-5-7)21-11-2-1-8(19)4-9(11)14(10)6-20-13(16)18-14/h4-7,10-14H,15H2,1-3H3,(H2,26,29);1-5,19H,6H2,(H2,16,18)/t25-;14-/m00/s1. The minimum Gasteiger partial charge on any atom is -0.508 e. The summed E-state index contributed by atoms with van der Waals surface area (Å²) in [6.07, 6.45) is 6.91. The fourth-order valence-corrected chi connectivity index (χ4v) is 6.81. The molecule has 0 bridgehead atoms. The number of aromatic hydroxyl groups is 1. The minimum atomic E-state index is -0.868. The quantitative estimate of drug-likeness (QED) is 0.183. The summed E-state index contributed by atoms with van der Waals surface area (Å²) in [5, 5.41) is 9.80. The predicted octanol–water partition coefficient (Wildman–Crippen LogP) is 5.86. The average molecular weight is 775 g/mol. The molecule has 3 aromatic heterocycles. The van der Waals surface area contributed by atoms with Gasteiger partial charge in [0.1, 0.15) is 36.1 Å². The van der Waals surface area contributed by atoms with E-state index in [0.29, 0.717) is 28.8 Å². The van der Waals surface area contributed by atoms with E-state index in [0.717, 1.165) is 37.9 Å². The van der Waals surface area contributed by atoms with Crippen LogP contribution in [0.15, 0.2) is 99.9 Å². The number of fused-ring (bicyclic) bond motifs is 8. The summed E-state index contributed by atoms with van der Waals surface area (Å²) in [6.45, 7) is 4.30. The van der Waals surface area contributed by atoms with Gasteiger partial charge in [0.2, 0.25) is 11.8 Å². The lowest BCUT2D eigenvalue weighted by atomic mass is 9.81. The summed E-state index contributed by atoms with van der Waals surface area (Å²) in [6, 6.07) is 18.8. The van der Waals surface area contributed by atoms with Crippen LogP contribution in [0.1, 0.15) is 41.7 Å². The Morgan fingerprint density at radius 1 is 0.792 bits per heavy atom. The molecule has 2 spiro atoms. The average Bonchev–Trinajstić information content (AvgIpc) is 3.75. The molecule has 9 rings (SSSR count). The van der Waals surface area contributed by atoms with Crippen LogP contribution in [-0.2, 0) is 25.3 Å². The molecule has 0 aliphatic carbocycles. The number of hydrogen-bond donors (Lipinski definition) is 3. The van der Waals surface area contributed by atoms with E-state index >= 15 is 0 Å². The lowest BCUT2D eigenvalue weighted by Gasteiger charge is -2.33.